The Bertz CT molecular complexity index is 879. The van der Waals surface area contributed by atoms with Gasteiger partial charge in [0.1, 0.15) is 5.82 Å². The number of hydrogen-bond acceptors (Lipinski definition) is 4. The largest absolute Gasteiger partial charge is 0.479 e. The second-order valence-corrected chi connectivity index (χ2v) is 6.47. The molecule has 26 heavy (non-hydrogen) atoms. The minimum Gasteiger partial charge on any atom is -0.479 e. The molecular formula is C18H18FN3O4. The number of hydrogen-bond donors (Lipinski definition) is 1. The van der Waals surface area contributed by atoms with Crippen LogP contribution in [0.1, 0.15) is 28.2 Å². The Morgan fingerprint density at radius 1 is 1.31 bits per heavy atom. The van der Waals surface area contributed by atoms with Gasteiger partial charge in [-0.1, -0.05) is 6.07 Å². The molecule has 2 aliphatic rings. The average molecular weight is 359 g/mol. The van der Waals surface area contributed by atoms with Gasteiger partial charge in [-0.05, 0) is 37.5 Å². The van der Waals surface area contributed by atoms with Crippen LogP contribution in [0.3, 0.4) is 0 Å². The molecule has 2 aromatic rings. The van der Waals surface area contributed by atoms with Crippen LogP contribution < -0.4 is 0 Å². The van der Waals surface area contributed by atoms with Crippen LogP contribution in [0.15, 0.2) is 24.3 Å². The summed E-state index contributed by atoms with van der Waals surface area (Å²) in [6, 6.07) is 6.10. The van der Waals surface area contributed by atoms with E-state index in [0.29, 0.717) is 17.9 Å². The molecule has 1 aliphatic heterocycles. The molecule has 1 fully saturated rings. The molecule has 0 saturated carbocycles. The van der Waals surface area contributed by atoms with Gasteiger partial charge in [-0.25, -0.2) is 13.9 Å². The Labute approximate surface area is 149 Å². The number of ether oxygens (including phenoxy) is 1. The number of nitrogens with zero attached hydrogens (tertiary/aromatic N) is 3. The van der Waals surface area contributed by atoms with Crippen molar-refractivity contribution in [2.45, 2.75) is 25.4 Å². The fourth-order valence-corrected chi connectivity index (χ4v) is 3.56. The number of carboxylic acid groups (broad SMARTS) is 1. The maximum atomic E-state index is 13.6. The third-order valence-electron chi connectivity index (χ3n) is 4.81. The Morgan fingerprint density at radius 3 is 2.92 bits per heavy atom. The molecule has 1 saturated heterocycles. The van der Waals surface area contributed by atoms with Crippen LogP contribution in [0.5, 0.6) is 0 Å². The fourth-order valence-electron chi connectivity index (χ4n) is 3.56. The highest BCUT2D eigenvalue weighted by Crippen LogP contribution is 2.29. The molecule has 0 spiro atoms. The number of carboxylic acids is 1. The zero-order chi connectivity index (χ0) is 18.3. The molecule has 1 unspecified atom stereocenters. The van der Waals surface area contributed by atoms with Gasteiger partial charge in [-0.3, -0.25) is 4.79 Å². The minimum absolute atomic E-state index is 0.00420. The summed E-state index contributed by atoms with van der Waals surface area (Å²) in [6.45, 7) is 0.496. The smallest absolute Gasteiger partial charge is 0.334 e. The Balaban J connectivity index is 1.68. The molecule has 1 atom stereocenters. The van der Waals surface area contributed by atoms with E-state index >= 15 is 0 Å². The summed E-state index contributed by atoms with van der Waals surface area (Å²) in [7, 11) is 0. The Morgan fingerprint density at radius 2 is 2.15 bits per heavy atom. The van der Waals surface area contributed by atoms with Crippen LogP contribution in [0.25, 0.3) is 5.69 Å². The normalized spacial score (nSPS) is 19.4. The third kappa shape index (κ3) is 2.86. The fraction of sp³-hybridized carbons (Fsp3) is 0.389. The van der Waals surface area contributed by atoms with Crippen molar-refractivity contribution in [1.29, 1.82) is 0 Å². The van der Waals surface area contributed by atoms with Gasteiger partial charge in [0.15, 0.2) is 11.8 Å². The predicted molar refractivity (Wildman–Crippen MR) is 88.8 cm³/mol. The zero-order valence-corrected chi connectivity index (χ0v) is 14.0. The predicted octanol–water partition coefficient (Wildman–Crippen LogP) is 1.43. The number of amides is 1. The molecular weight excluding hydrogens is 341 g/mol. The van der Waals surface area contributed by atoms with Gasteiger partial charge in [-0.15, -0.1) is 0 Å². The van der Waals surface area contributed by atoms with Crippen LogP contribution in [0.4, 0.5) is 4.39 Å². The van der Waals surface area contributed by atoms with E-state index in [4.69, 9.17) is 9.84 Å². The summed E-state index contributed by atoms with van der Waals surface area (Å²) < 4.78 is 20.4. The minimum atomic E-state index is -1.09. The standard InChI is InChI=1S/C18H18FN3O4/c19-11-3-1-4-12(9-11)22-14-6-2-5-13(14)16(20-22)17(23)21-7-8-26-15(10-21)18(24)25/h1,3-4,9,15H,2,5-8,10H2,(H,24,25). The van der Waals surface area contributed by atoms with Crippen molar-refractivity contribution >= 4 is 11.9 Å². The zero-order valence-electron chi connectivity index (χ0n) is 14.0. The topological polar surface area (TPSA) is 84.7 Å². The van der Waals surface area contributed by atoms with E-state index in [9.17, 15) is 14.0 Å². The highest BCUT2D eigenvalue weighted by atomic mass is 19.1. The van der Waals surface area contributed by atoms with E-state index < -0.39 is 12.1 Å². The monoisotopic (exact) mass is 359 g/mol. The number of morpholine rings is 1. The first-order chi connectivity index (χ1) is 12.5. The van der Waals surface area contributed by atoms with Crippen LogP contribution in [-0.2, 0) is 22.4 Å². The number of fused-ring (bicyclic) bond motifs is 1. The lowest BCUT2D eigenvalue weighted by molar-refractivity contribution is -0.154. The maximum absolute atomic E-state index is 13.6. The lowest BCUT2D eigenvalue weighted by Gasteiger charge is -2.30. The van der Waals surface area contributed by atoms with Crippen LogP contribution in [-0.4, -0.2) is 57.5 Å². The molecule has 4 rings (SSSR count). The van der Waals surface area contributed by atoms with E-state index in [2.05, 4.69) is 5.10 Å². The first-order valence-corrected chi connectivity index (χ1v) is 8.55. The van der Waals surface area contributed by atoms with Crippen LogP contribution in [0.2, 0.25) is 0 Å². The van der Waals surface area contributed by atoms with Gasteiger partial charge < -0.3 is 14.7 Å². The number of aliphatic carboxylic acids is 1. The number of aromatic nitrogens is 2. The lowest BCUT2D eigenvalue weighted by atomic mass is 10.1. The Kier molecular flexibility index (Phi) is 4.20. The molecule has 1 aliphatic carbocycles. The Hall–Kier alpha value is -2.74. The average Bonchev–Trinajstić information content (AvgIpc) is 3.23. The van der Waals surface area contributed by atoms with Crippen LogP contribution >= 0.6 is 0 Å². The quantitative estimate of drug-likeness (QED) is 0.896. The summed E-state index contributed by atoms with van der Waals surface area (Å²) in [5, 5.41) is 13.6. The van der Waals surface area contributed by atoms with Gasteiger partial charge in [-0.2, -0.15) is 5.10 Å². The molecule has 136 valence electrons. The SMILES string of the molecule is O=C(O)C1CN(C(=O)c2nn(-c3cccc(F)c3)c3c2CCC3)CCO1. The van der Waals surface area contributed by atoms with Crippen molar-refractivity contribution < 1.29 is 23.8 Å². The molecule has 1 aromatic heterocycles. The van der Waals surface area contributed by atoms with Gasteiger partial charge in [0.05, 0.1) is 18.8 Å². The van der Waals surface area contributed by atoms with Crippen molar-refractivity contribution in [2.75, 3.05) is 19.7 Å². The van der Waals surface area contributed by atoms with Crippen molar-refractivity contribution in [3.63, 3.8) is 0 Å². The van der Waals surface area contributed by atoms with Crippen molar-refractivity contribution in [1.82, 2.24) is 14.7 Å². The summed E-state index contributed by atoms with van der Waals surface area (Å²) >= 11 is 0. The van der Waals surface area contributed by atoms with E-state index in [-0.39, 0.29) is 24.9 Å². The number of rotatable bonds is 3. The lowest BCUT2D eigenvalue weighted by Crippen LogP contribution is -2.48. The maximum Gasteiger partial charge on any atom is 0.334 e. The van der Waals surface area contributed by atoms with Gasteiger partial charge in [0.2, 0.25) is 0 Å². The number of carbonyl (C=O) groups excluding carboxylic acids is 1. The third-order valence-corrected chi connectivity index (χ3v) is 4.81. The van der Waals surface area contributed by atoms with Crippen molar-refractivity contribution in [2.24, 2.45) is 0 Å². The summed E-state index contributed by atoms with van der Waals surface area (Å²) in [5.41, 5.74) is 2.69. The number of benzene rings is 1. The molecule has 0 radical (unpaired) electrons. The van der Waals surface area contributed by atoms with E-state index in [1.165, 1.54) is 17.0 Å². The highest BCUT2D eigenvalue weighted by molar-refractivity contribution is 5.94. The summed E-state index contributed by atoms with van der Waals surface area (Å²) in [6.07, 6.45) is 1.39. The molecule has 1 amide bonds. The van der Waals surface area contributed by atoms with Gasteiger partial charge >= 0.3 is 5.97 Å². The van der Waals surface area contributed by atoms with Gasteiger partial charge in [0, 0.05) is 17.8 Å². The first kappa shape index (κ1) is 16.7. The molecule has 1 N–H and O–H groups in total. The second kappa shape index (κ2) is 6.53. The molecule has 0 bridgehead atoms. The first-order valence-electron chi connectivity index (χ1n) is 8.55. The summed E-state index contributed by atoms with van der Waals surface area (Å²) in [5.74, 6) is -1.75. The molecule has 7 nitrogen and oxygen atoms in total. The number of halogens is 1. The van der Waals surface area contributed by atoms with E-state index in [1.807, 2.05) is 0 Å². The second-order valence-electron chi connectivity index (χ2n) is 6.47. The van der Waals surface area contributed by atoms with Gasteiger partial charge in [0.25, 0.3) is 5.91 Å². The molecule has 8 heteroatoms. The highest BCUT2D eigenvalue weighted by Gasteiger charge is 2.34. The summed E-state index contributed by atoms with van der Waals surface area (Å²) in [4.78, 5) is 25.6. The van der Waals surface area contributed by atoms with E-state index in [0.717, 1.165) is 30.5 Å². The van der Waals surface area contributed by atoms with Crippen LogP contribution in [0, 0.1) is 5.82 Å². The van der Waals surface area contributed by atoms with Crippen molar-refractivity contribution in [3.05, 3.63) is 47.0 Å². The number of carbonyl (C=O) groups is 2. The molecule has 2 heterocycles. The van der Waals surface area contributed by atoms with E-state index in [1.54, 1.807) is 16.8 Å². The van der Waals surface area contributed by atoms with Crippen molar-refractivity contribution in [3.8, 4) is 5.69 Å². The molecule has 1 aromatic carbocycles.